The zero-order chi connectivity index (χ0) is 15.8. The summed E-state index contributed by atoms with van der Waals surface area (Å²) in [6.45, 7) is 4.21. The lowest BCUT2D eigenvalue weighted by atomic mass is 9.97. The van der Waals surface area contributed by atoms with Crippen molar-refractivity contribution in [2.75, 3.05) is 12.8 Å². The van der Waals surface area contributed by atoms with Crippen LogP contribution in [0, 0.1) is 0 Å². The molecule has 1 aliphatic carbocycles. The zero-order valence-electron chi connectivity index (χ0n) is 14.3. The van der Waals surface area contributed by atoms with Gasteiger partial charge in [0.1, 0.15) is 0 Å². The van der Waals surface area contributed by atoms with E-state index >= 15 is 0 Å². The molecule has 0 unspecified atom stereocenters. The van der Waals surface area contributed by atoms with Gasteiger partial charge >= 0.3 is 0 Å². The molecule has 0 heterocycles. The third kappa shape index (κ3) is 7.64. The van der Waals surface area contributed by atoms with E-state index < -0.39 is 14.6 Å². The minimum atomic E-state index is -3.01. The lowest BCUT2D eigenvalue weighted by molar-refractivity contribution is 0.388. The number of nitrogens with one attached hydrogen (secondary N) is 1. The van der Waals surface area contributed by atoms with E-state index in [9.17, 15) is 8.42 Å². The van der Waals surface area contributed by atoms with E-state index in [1.165, 1.54) is 76.9 Å². The van der Waals surface area contributed by atoms with Crippen molar-refractivity contribution in [3.8, 4) is 0 Å². The van der Waals surface area contributed by atoms with Crippen LogP contribution in [-0.4, -0.2) is 32.0 Å². The summed E-state index contributed by atoms with van der Waals surface area (Å²) in [5, 5.41) is 3.54. The highest BCUT2D eigenvalue weighted by Crippen LogP contribution is 2.19. The fraction of sp³-hybridized carbons (Fsp3) is 1.00. The van der Waals surface area contributed by atoms with Crippen molar-refractivity contribution in [1.29, 1.82) is 0 Å². The first-order chi connectivity index (χ1) is 9.83. The molecule has 0 radical (unpaired) electrons. The average Bonchev–Trinajstić information content (AvgIpc) is 2.37. The summed E-state index contributed by atoms with van der Waals surface area (Å²) >= 11 is 0. The second-order valence-electron chi connectivity index (χ2n) is 7.37. The molecule has 21 heavy (non-hydrogen) atoms. The molecule has 1 rings (SSSR count). The largest absolute Gasteiger partial charge is 0.312 e. The Kier molecular flexibility index (Phi) is 8.25. The molecule has 1 N–H and O–H groups in total. The van der Waals surface area contributed by atoms with Gasteiger partial charge in [0, 0.05) is 18.8 Å². The number of rotatable bonds is 4. The number of hydrogen-bond acceptors (Lipinski definition) is 3. The number of hydrogen-bond donors (Lipinski definition) is 1. The normalized spacial score (nSPS) is 21.5. The molecule has 0 bridgehead atoms. The summed E-state index contributed by atoms with van der Waals surface area (Å²) in [6, 6.07) is 0.491. The van der Waals surface area contributed by atoms with Gasteiger partial charge in [0.25, 0.3) is 0 Å². The van der Waals surface area contributed by atoms with Gasteiger partial charge in [-0.15, -0.1) is 0 Å². The fourth-order valence-electron chi connectivity index (χ4n) is 2.89. The molecule has 1 aliphatic rings. The Hall–Kier alpha value is -0.0900. The molecule has 0 aromatic rings. The second kappa shape index (κ2) is 9.14. The molecule has 1 fully saturated rings. The summed E-state index contributed by atoms with van der Waals surface area (Å²) in [6.07, 6.45) is 15.8. The molecule has 126 valence electrons. The maximum atomic E-state index is 11.8. The van der Waals surface area contributed by atoms with Crippen LogP contribution in [0.5, 0.6) is 0 Å². The third-order valence-corrected chi connectivity index (χ3v) is 7.08. The molecule has 0 saturated heterocycles. The Labute approximate surface area is 132 Å². The first-order valence-electron chi connectivity index (χ1n) is 8.76. The van der Waals surface area contributed by atoms with Crippen molar-refractivity contribution < 1.29 is 8.42 Å². The van der Waals surface area contributed by atoms with Gasteiger partial charge in [-0.2, -0.15) is 0 Å². The van der Waals surface area contributed by atoms with Crippen molar-refractivity contribution in [3.05, 3.63) is 0 Å². The lowest BCUT2D eigenvalue weighted by Gasteiger charge is -2.27. The minimum Gasteiger partial charge on any atom is -0.312 e. The van der Waals surface area contributed by atoms with Crippen LogP contribution in [0.2, 0.25) is 0 Å². The zero-order valence-corrected chi connectivity index (χ0v) is 15.1. The van der Waals surface area contributed by atoms with Gasteiger partial charge in [0.05, 0.1) is 4.75 Å². The van der Waals surface area contributed by atoms with Gasteiger partial charge in [-0.25, -0.2) is 8.42 Å². The molecule has 0 atom stereocenters. The van der Waals surface area contributed by atoms with E-state index in [-0.39, 0.29) is 0 Å². The van der Waals surface area contributed by atoms with Crippen LogP contribution in [0.4, 0.5) is 0 Å². The van der Waals surface area contributed by atoms with E-state index in [0.29, 0.717) is 12.6 Å². The predicted octanol–water partition coefficient (Wildman–Crippen LogP) is 4.07. The van der Waals surface area contributed by atoms with Gasteiger partial charge in [-0.3, -0.25) is 0 Å². The lowest BCUT2D eigenvalue weighted by Crippen LogP contribution is -2.45. The topological polar surface area (TPSA) is 46.2 Å². The highest BCUT2D eigenvalue weighted by atomic mass is 32.2. The van der Waals surface area contributed by atoms with Gasteiger partial charge in [0.2, 0.25) is 0 Å². The van der Waals surface area contributed by atoms with Crippen molar-refractivity contribution in [1.82, 2.24) is 5.32 Å². The molecule has 0 spiro atoms. The highest BCUT2D eigenvalue weighted by molar-refractivity contribution is 7.92. The molecule has 0 aromatic heterocycles. The van der Waals surface area contributed by atoms with Crippen LogP contribution in [-0.2, 0) is 9.84 Å². The van der Waals surface area contributed by atoms with Gasteiger partial charge in [0.15, 0.2) is 9.84 Å². The number of sulfone groups is 1. The fourth-order valence-corrected chi connectivity index (χ4v) is 3.23. The summed E-state index contributed by atoms with van der Waals surface area (Å²) in [4.78, 5) is 0. The Balaban J connectivity index is 2.45. The van der Waals surface area contributed by atoms with Gasteiger partial charge < -0.3 is 5.32 Å². The maximum absolute atomic E-state index is 11.8. The average molecular weight is 318 g/mol. The summed E-state index contributed by atoms with van der Waals surface area (Å²) in [7, 11) is -3.01. The first-order valence-corrected chi connectivity index (χ1v) is 10.6. The molecule has 0 aliphatic heterocycles. The van der Waals surface area contributed by atoms with Crippen LogP contribution in [0.1, 0.15) is 84.5 Å². The van der Waals surface area contributed by atoms with Crippen molar-refractivity contribution in [2.24, 2.45) is 0 Å². The van der Waals surface area contributed by atoms with Crippen molar-refractivity contribution >= 4 is 9.84 Å². The molecule has 4 heteroatoms. The van der Waals surface area contributed by atoms with E-state index in [1.807, 2.05) is 13.8 Å². The molecular formula is C17H35NO2S. The Morgan fingerprint density at radius 2 is 1.24 bits per heavy atom. The standard InChI is InChI=1S/C17H35NO2S/c1-17(2,21(3,19)20)15-18-16-13-11-9-7-5-4-6-8-10-12-14-16/h16,18H,4-15H2,1-3H3. The summed E-state index contributed by atoms with van der Waals surface area (Å²) in [5.74, 6) is 0. The third-order valence-electron chi connectivity index (χ3n) is 4.93. The van der Waals surface area contributed by atoms with Crippen LogP contribution in [0.15, 0.2) is 0 Å². The van der Waals surface area contributed by atoms with E-state index in [1.54, 1.807) is 0 Å². The van der Waals surface area contributed by atoms with E-state index in [2.05, 4.69) is 5.32 Å². The van der Waals surface area contributed by atoms with Crippen LogP contribution in [0.25, 0.3) is 0 Å². The van der Waals surface area contributed by atoms with Gasteiger partial charge in [-0.1, -0.05) is 57.8 Å². The second-order valence-corrected chi connectivity index (χ2v) is 10.0. The Morgan fingerprint density at radius 1 is 0.857 bits per heavy atom. The van der Waals surface area contributed by atoms with Crippen molar-refractivity contribution in [2.45, 2.75) is 95.3 Å². The molecule has 1 saturated carbocycles. The SMILES string of the molecule is CC(C)(CNC1CCCCCCCCCCC1)S(C)(=O)=O. The molecule has 0 aromatic carbocycles. The monoisotopic (exact) mass is 317 g/mol. The van der Waals surface area contributed by atoms with Gasteiger partial charge in [-0.05, 0) is 26.7 Å². The highest BCUT2D eigenvalue weighted by Gasteiger charge is 2.30. The van der Waals surface area contributed by atoms with E-state index in [4.69, 9.17) is 0 Å². The minimum absolute atomic E-state index is 0.491. The van der Waals surface area contributed by atoms with Crippen LogP contribution >= 0.6 is 0 Å². The summed E-state index contributed by atoms with van der Waals surface area (Å²) in [5.41, 5.74) is 0. The van der Waals surface area contributed by atoms with Crippen LogP contribution < -0.4 is 5.32 Å². The predicted molar refractivity (Wildman–Crippen MR) is 91.5 cm³/mol. The Bertz CT molecular complexity index is 364. The summed E-state index contributed by atoms with van der Waals surface area (Å²) < 4.78 is 22.9. The van der Waals surface area contributed by atoms with E-state index in [0.717, 1.165) is 0 Å². The smallest absolute Gasteiger partial charge is 0.153 e. The Morgan fingerprint density at radius 3 is 1.62 bits per heavy atom. The van der Waals surface area contributed by atoms with Crippen molar-refractivity contribution in [3.63, 3.8) is 0 Å². The molecular weight excluding hydrogens is 282 g/mol. The maximum Gasteiger partial charge on any atom is 0.153 e. The van der Waals surface area contributed by atoms with Crippen LogP contribution in [0.3, 0.4) is 0 Å². The molecule has 3 nitrogen and oxygen atoms in total. The molecule has 0 amide bonds. The first kappa shape index (κ1) is 19.0. The quantitative estimate of drug-likeness (QED) is 0.850.